The second-order valence-corrected chi connectivity index (χ2v) is 4.42. The molecular formula is C10H4S2. The second kappa shape index (κ2) is 2.31. The normalized spacial score (nSPS) is 11.3. The summed E-state index contributed by atoms with van der Waals surface area (Å²) in [5, 5.41) is 8.86. The molecule has 0 nitrogen and oxygen atoms in total. The fourth-order valence-corrected chi connectivity index (χ4v) is 2.84. The van der Waals surface area contributed by atoms with Gasteiger partial charge in [-0.25, -0.2) is 0 Å². The smallest absolute Gasteiger partial charge is 0.0455 e. The lowest BCUT2D eigenvalue weighted by molar-refractivity contribution is 2.01. The molecule has 56 valence electrons. The van der Waals surface area contributed by atoms with Gasteiger partial charge in [0.1, 0.15) is 0 Å². The maximum atomic E-state index is 3.14. The molecule has 0 atom stereocenters. The van der Waals surface area contributed by atoms with Crippen LogP contribution < -0.4 is 0 Å². The summed E-state index contributed by atoms with van der Waals surface area (Å²) >= 11 is 3.35. The van der Waals surface area contributed by atoms with Crippen molar-refractivity contribution in [1.82, 2.24) is 0 Å². The quantitative estimate of drug-likeness (QED) is 0.504. The van der Waals surface area contributed by atoms with Crippen molar-refractivity contribution >= 4 is 42.8 Å². The van der Waals surface area contributed by atoms with E-state index in [1.807, 2.05) is 12.1 Å². The molecule has 0 amide bonds. The summed E-state index contributed by atoms with van der Waals surface area (Å²) in [6.45, 7) is 0. The lowest BCUT2D eigenvalue weighted by Gasteiger charge is -1.89. The van der Waals surface area contributed by atoms with Gasteiger partial charge in [-0.2, -0.15) is 0 Å². The predicted molar refractivity (Wildman–Crippen MR) is 54.9 cm³/mol. The van der Waals surface area contributed by atoms with Gasteiger partial charge in [-0.15, -0.1) is 22.7 Å². The number of rotatable bonds is 0. The van der Waals surface area contributed by atoms with Crippen LogP contribution in [-0.2, 0) is 0 Å². The van der Waals surface area contributed by atoms with Crippen LogP contribution in [0, 0.1) is 10.8 Å². The average molecular weight is 188 g/mol. The molecule has 12 heavy (non-hydrogen) atoms. The van der Waals surface area contributed by atoms with Gasteiger partial charge in [-0.3, -0.25) is 0 Å². The van der Waals surface area contributed by atoms with E-state index in [-0.39, 0.29) is 0 Å². The SMILES string of the molecule is [c]1cc2cc3c[c]sc3cc2s1. The highest BCUT2D eigenvalue weighted by atomic mass is 32.1. The van der Waals surface area contributed by atoms with Gasteiger partial charge in [0.15, 0.2) is 0 Å². The van der Waals surface area contributed by atoms with Gasteiger partial charge in [0.2, 0.25) is 0 Å². The van der Waals surface area contributed by atoms with Crippen LogP contribution >= 0.6 is 22.7 Å². The van der Waals surface area contributed by atoms with E-state index in [4.69, 9.17) is 0 Å². The van der Waals surface area contributed by atoms with Crippen molar-refractivity contribution in [3.05, 3.63) is 35.0 Å². The molecule has 0 saturated carbocycles. The minimum Gasteiger partial charge on any atom is -0.134 e. The molecule has 0 aliphatic heterocycles. The standard InChI is InChI=1S/C10H4S2/c1-3-11-9-6-10-8(2-4-12-10)5-7(1)9/h1-2,5-6H. The molecule has 0 bridgehead atoms. The average Bonchev–Trinajstić information content (AvgIpc) is 2.64. The van der Waals surface area contributed by atoms with Gasteiger partial charge in [0.05, 0.1) is 0 Å². The Morgan fingerprint density at radius 2 is 1.42 bits per heavy atom. The number of hydrogen-bond donors (Lipinski definition) is 0. The van der Waals surface area contributed by atoms with Crippen molar-refractivity contribution in [2.45, 2.75) is 0 Å². The van der Waals surface area contributed by atoms with Crippen molar-refractivity contribution in [2.24, 2.45) is 0 Å². The number of thiophene rings is 2. The lowest BCUT2D eigenvalue weighted by atomic mass is 10.2. The zero-order valence-corrected chi connectivity index (χ0v) is 7.76. The monoisotopic (exact) mass is 188 g/mol. The van der Waals surface area contributed by atoms with Crippen LogP contribution in [0.25, 0.3) is 20.2 Å². The summed E-state index contributed by atoms with van der Waals surface area (Å²) in [7, 11) is 0. The van der Waals surface area contributed by atoms with Gasteiger partial charge >= 0.3 is 0 Å². The Bertz CT molecular complexity index is 440. The number of benzene rings is 1. The van der Waals surface area contributed by atoms with E-state index in [0.717, 1.165) is 0 Å². The van der Waals surface area contributed by atoms with E-state index in [9.17, 15) is 0 Å². The maximum Gasteiger partial charge on any atom is 0.0455 e. The van der Waals surface area contributed by atoms with E-state index in [2.05, 4.69) is 22.9 Å². The fourth-order valence-electron chi connectivity index (χ4n) is 1.31. The van der Waals surface area contributed by atoms with Crippen molar-refractivity contribution in [2.75, 3.05) is 0 Å². The molecule has 2 aromatic heterocycles. The summed E-state index contributed by atoms with van der Waals surface area (Å²) in [6.07, 6.45) is 0. The van der Waals surface area contributed by atoms with Crippen molar-refractivity contribution in [3.63, 3.8) is 0 Å². The molecule has 0 aliphatic rings. The molecule has 0 spiro atoms. The van der Waals surface area contributed by atoms with Gasteiger partial charge in [-0.1, -0.05) is 0 Å². The summed E-state index contributed by atoms with van der Waals surface area (Å²) < 4.78 is 2.64. The molecule has 2 radical (unpaired) electrons. The third-order valence-corrected chi connectivity index (χ3v) is 3.53. The first-order chi connectivity index (χ1) is 5.93. The van der Waals surface area contributed by atoms with Gasteiger partial charge in [0.25, 0.3) is 0 Å². The Labute approximate surface area is 78.1 Å². The minimum absolute atomic E-state index is 1.29. The first-order valence-electron chi connectivity index (χ1n) is 3.63. The highest BCUT2D eigenvalue weighted by Crippen LogP contribution is 2.28. The molecule has 0 saturated heterocycles. The lowest BCUT2D eigenvalue weighted by Crippen LogP contribution is -1.61. The molecule has 0 unspecified atom stereocenters. The van der Waals surface area contributed by atoms with Crippen LogP contribution in [0.15, 0.2) is 24.3 Å². The zero-order valence-electron chi connectivity index (χ0n) is 6.13. The van der Waals surface area contributed by atoms with Crippen molar-refractivity contribution in [1.29, 1.82) is 0 Å². The molecular weight excluding hydrogens is 184 g/mol. The third-order valence-electron chi connectivity index (χ3n) is 1.91. The Kier molecular flexibility index (Phi) is 1.28. The van der Waals surface area contributed by atoms with Crippen LogP contribution in [0.5, 0.6) is 0 Å². The van der Waals surface area contributed by atoms with Crippen LogP contribution in [0.4, 0.5) is 0 Å². The fraction of sp³-hybridized carbons (Fsp3) is 0. The molecule has 0 N–H and O–H groups in total. The van der Waals surface area contributed by atoms with Crippen LogP contribution in [0.2, 0.25) is 0 Å². The molecule has 3 aromatic rings. The molecule has 2 heteroatoms. The molecule has 3 rings (SSSR count). The largest absolute Gasteiger partial charge is 0.134 e. The molecule has 0 fully saturated rings. The summed E-state index contributed by atoms with van der Waals surface area (Å²) in [4.78, 5) is 0. The summed E-state index contributed by atoms with van der Waals surface area (Å²) in [5.74, 6) is 0. The molecule has 1 aromatic carbocycles. The Morgan fingerprint density at radius 3 is 2.00 bits per heavy atom. The highest BCUT2D eigenvalue weighted by molar-refractivity contribution is 7.19. The number of fused-ring (bicyclic) bond motifs is 2. The summed E-state index contributed by atoms with van der Waals surface area (Å²) in [6, 6.07) is 8.49. The van der Waals surface area contributed by atoms with Crippen LogP contribution in [-0.4, -0.2) is 0 Å². The van der Waals surface area contributed by atoms with Crippen LogP contribution in [0.3, 0.4) is 0 Å². The minimum atomic E-state index is 1.29. The van der Waals surface area contributed by atoms with Gasteiger partial charge < -0.3 is 0 Å². The van der Waals surface area contributed by atoms with Gasteiger partial charge in [0, 0.05) is 20.2 Å². The Morgan fingerprint density at radius 1 is 0.833 bits per heavy atom. The van der Waals surface area contributed by atoms with Crippen LogP contribution in [0.1, 0.15) is 0 Å². The Hall–Kier alpha value is -0.860. The topological polar surface area (TPSA) is 0 Å². The van der Waals surface area contributed by atoms with E-state index in [0.29, 0.717) is 0 Å². The molecule has 2 heterocycles. The first kappa shape index (κ1) is 6.63. The van der Waals surface area contributed by atoms with Crippen molar-refractivity contribution in [3.8, 4) is 0 Å². The van der Waals surface area contributed by atoms with E-state index < -0.39 is 0 Å². The maximum absolute atomic E-state index is 3.14. The zero-order chi connectivity index (χ0) is 7.97. The third kappa shape index (κ3) is 0.822. The van der Waals surface area contributed by atoms with E-state index in [1.165, 1.54) is 20.2 Å². The predicted octanol–water partition coefficient (Wildman–Crippen LogP) is 3.72. The van der Waals surface area contributed by atoms with E-state index in [1.54, 1.807) is 22.7 Å². The first-order valence-corrected chi connectivity index (χ1v) is 5.26. The Balaban J connectivity index is 2.62. The number of hydrogen-bond acceptors (Lipinski definition) is 2. The van der Waals surface area contributed by atoms with Gasteiger partial charge in [-0.05, 0) is 35.0 Å². The highest BCUT2D eigenvalue weighted by Gasteiger charge is 1.99. The van der Waals surface area contributed by atoms with E-state index >= 15 is 0 Å². The second-order valence-electron chi connectivity index (χ2n) is 2.66. The summed E-state index contributed by atoms with van der Waals surface area (Å²) in [5.41, 5.74) is 0. The van der Waals surface area contributed by atoms with Crippen molar-refractivity contribution < 1.29 is 0 Å². The molecule has 0 aliphatic carbocycles.